The van der Waals surface area contributed by atoms with Crippen molar-refractivity contribution in [2.45, 2.75) is 20.4 Å². The average molecular weight is 269 g/mol. The molecule has 18 heavy (non-hydrogen) atoms. The fraction of sp³-hybridized carbons (Fsp3) is 0.400. The van der Waals surface area contributed by atoms with Crippen molar-refractivity contribution < 1.29 is 8.42 Å². The van der Waals surface area contributed by atoms with Gasteiger partial charge in [0.2, 0.25) is 10.0 Å². The molecule has 0 radical (unpaired) electrons. The van der Waals surface area contributed by atoms with E-state index in [1.807, 2.05) is 13.8 Å². The van der Waals surface area contributed by atoms with Gasteiger partial charge in [0.05, 0.1) is 11.1 Å². The van der Waals surface area contributed by atoms with Crippen molar-refractivity contribution in [1.29, 1.82) is 0 Å². The van der Waals surface area contributed by atoms with Crippen molar-refractivity contribution in [3.63, 3.8) is 0 Å². The maximum Gasteiger partial charge on any atom is 0.210 e. The summed E-state index contributed by atoms with van der Waals surface area (Å²) in [4.78, 5) is 8.10. The highest BCUT2D eigenvalue weighted by Crippen LogP contribution is 2.26. The van der Waals surface area contributed by atoms with Gasteiger partial charge in [0.1, 0.15) is 17.8 Å². The maximum atomic E-state index is 11.0. The lowest BCUT2D eigenvalue weighted by molar-refractivity contribution is 0.590. The number of fused-ring (bicyclic) bond motifs is 1. The summed E-state index contributed by atoms with van der Waals surface area (Å²) in [5.74, 6) is 0.260. The summed E-state index contributed by atoms with van der Waals surface area (Å²) in [6.45, 7) is 4.05. The van der Waals surface area contributed by atoms with Crippen LogP contribution >= 0.6 is 0 Å². The van der Waals surface area contributed by atoms with Gasteiger partial charge in [-0.25, -0.2) is 23.5 Å². The highest BCUT2D eigenvalue weighted by molar-refractivity contribution is 7.89. The summed E-state index contributed by atoms with van der Waals surface area (Å²) in [5, 5.41) is 5.78. The van der Waals surface area contributed by atoms with Crippen LogP contribution in [0.25, 0.3) is 11.0 Å². The Bertz CT molecular complexity index is 705. The minimum absolute atomic E-state index is 0.138. The Morgan fingerprint density at radius 3 is 2.61 bits per heavy atom. The Hall–Kier alpha value is -1.67. The van der Waals surface area contributed by atoms with Crippen molar-refractivity contribution >= 4 is 26.9 Å². The molecule has 0 aliphatic carbocycles. The van der Waals surface area contributed by atoms with Crippen molar-refractivity contribution in [1.82, 2.24) is 14.5 Å². The zero-order chi connectivity index (χ0) is 13.5. The molecule has 7 nitrogen and oxygen atoms in total. The third-order valence-electron chi connectivity index (χ3n) is 3.03. The smallest absolute Gasteiger partial charge is 0.210 e. The first-order chi connectivity index (χ1) is 8.31. The molecule has 2 aromatic rings. The molecule has 0 atom stereocenters. The van der Waals surface area contributed by atoms with Crippen molar-refractivity contribution in [2.24, 2.45) is 5.14 Å². The number of aromatic nitrogens is 3. The van der Waals surface area contributed by atoms with Crippen molar-refractivity contribution in [2.75, 3.05) is 11.5 Å². The Morgan fingerprint density at radius 1 is 1.33 bits per heavy atom. The van der Waals surface area contributed by atoms with E-state index in [9.17, 15) is 8.42 Å². The van der Waals surface area contributed by atoms with Crippen LogP contribution in [0.2, 0.25) is 0 Å². The average Bonchev–Trinajstić information content (AvgIpc) is 2.50. The largest absolute Gasteiger partial charge is 0.383 e. The first kappa shape index (κ1) is 12.8. The molecule has 98 valence electrons. The predicted molar refractivity (Wildman–Crippen MR) is 69.4 cm³/mol. The molecule has 4 N–H and O–H groups in total. The van der Waals surface area contributed by atoms with Crippen LogP contribution < -0.4 is 10.9 Å². The van der Waals surface area contributed by atoms with E-state index in [0.717, 1.165) is 16.6 Å². The molecule has 2 aromatic heterocycles. The number of nitrogen functional groups attached to an aromatic ring is 1. The summed E-state index contributed by atoms with van der Waals surface area (Å²) in [5.41, 5.74) is 8.33. The van der Waals surface area contributed by atoms with E-state index in [1.165, 1.54) is 6.33 Å². The molecular formula is C10H15N5O2S. The highest BCUT2D eigenvalue weighted by Gasteiger charge is 2.16. The fourth-order valence-corrected chi connectivity index (χ4v) is 2.43. The molecule has 2 rings (SSSR count). The SMILES string of the molecule is Cc1c(C)n(CCS(N)(=O)=O)c2ncnc(N)c12. The molecule has 0 aliphatic rings. The Balaban J connectivity index is 2.58. The maximum absolute atomic E-state index is 11.0. The second kappa shape index (κ2) is 4.21. The van der Waals surface area contributed by atoms with E-state index in [0.29, 0.717) is 11.5 Å². The molecular weight excluding hydrogens is 254 g/mol. The van der Waals surface area contributed by atoms with Gasteiger partial charge in [0.15, 0.2) is 0 Å². The van der Waals surface area contributed by atoms with Crippen LogP contribution in [-0.4, -0.2) is 28.7 Å². The Kier molecular flexibility index (Phi) is 2.99. The molecule has 0 saturated carbocycles. The standard InChI is InChI=1S/C10H15N5O2S/c1-6-7(2)15(3-4-18(12,16)17)10-8(6)9(11)13-5-14-10/h5H,3-4H2,1-2H3,(H2,11,13,14)(H2,12,16,17). The number of rotatable bonds is 3. The predicted octanol–water partition coefficient (Wildman–Crippen LogP) is -0.0812. The van der Waals surface area contributed by atoms with Crippen LogP contribution in [0.3, 0.4) is 0 Å². The highest BCUT2D eigenvalue weighted by atomic mass is 32.2. The number of hydrogen-bond donors (Lipinski definition) is 2. The number of nitrogens with two attached hydrogens (primary N) is 2. The first-order valence-corrected chi connectivity index (χ1v) is 7.09. The zero-order valence-corrected chi connectivity index (χ0v) is 11.0. The summed E-state index contributed by atoms with van der Waals surface area (Å²) >= 11 is 0. The number of hydrogen-bond acceptors (Lipinski definition) is 5. The van der Waals surface area contributed by atoms with Gasteiger partial charge in [-0.2, -0.15) is 0 Å². The van der Waals surface area contributed by atoms with Crippen LogP contribution in [0.4, 0.5) is 5.82 Å². The number of primary sulfonamides is 1. The molecule has 0 bridgehead atoms. The Morgan fingerprint density at radius 2 is 2.00 bits per heavy atom. The van der Waals surface area contributed by atoms with Gasteiger partial charge in [0, 0.05) is 12.2 Å². The molecule has 2 heterocycles. The van der Waals surface area contributed by atoms with E-state index >= 15 is 0 Å². The van der Waals surface area contributed by atoms with E-state index in [1.54, 1.807) is 4.57 Å². The van der Waals surface area contributed by atoms with Crippen LogP contribution in [0.15, 0.2) is 6.33 Å². The van der Waals surface area contributed by atoms with Crippen molar-refractivity contribution in [3.8, 4) is 0 Å². The third-order valence-corrected chi connectivity index (χ3v) is 3.79. The van der Waals surface area contributed by atoms with Crippen LogP contribution in [0, 0.1) is 13.8 Å². The monoisotopic (exact) mass is 269 g/mol. The summed E-state index contributed by atoms with van der Waals surface area (Å²) in [7, 11) is -3.50. The van der Waals surface area contributed by atoms with E-state index in [-0.39, 0.29) is 12.3 Å². The zero-order valence-electron chi connectivity index (χ0n) is 10.2. The van der Waals surface area contributed by atoms with Gasteiger partial charge in [0.25, 0.3) is 0 Å². The summed E-state index contributed by atoms with van der Waals surface area (Å²) < 4.78 is 23.9. The lowest BCUT2D eigenvalue weighted by Crippen LogP contribution is -2.21. The first-order valence-electron chi connectivity index (χ1n) is 5.37. The summed E-state index contributed by atoms with van der Waals surface area (Å²) in [6, 6.07) is 0. The summed E-state index contributed by atoms with van der Waals surface area (Å²) in [6.07, 6.45) is 1.37. The molecule has 0 fully saturated rings. The number of nitrogens with zero attached hydrogens (tertiary/aromatic N) is 3. The number of aryl methyl sites for hydroxylation is 2. The van der Waals surface area contributed by atoms with E-state index in [2.05, 4.69) is 9.97 Å². The van der Waals surface area contributed by atoms with E-state index in [4.69, 9.17) is 10.9 Å². The molecule has 0 aliphatic heterocycles. The lowest BCUT2D eigenvalue weighted by atomic mass is 10.2. The van der Waals surface area contributed by atoms with Crippen LogP contribution in [-0.2, 0) is 16.6 Å². The lowest BCUT2D eigenvalue weighted by Gasteiger charge is -2.06. The molecule has 0 aromatic carbocycles. The number of sulfonamides is 1. The van der Waals surface area contributed by atoms with Gasteiger partial charge >= 0.3 is 0 Å². The fourth-order valence-electron chi connectivity index (χ4n) is 1.99. The van der Waals surface area contributed by atoms with Gasteiger partial charge < -0.3 is 10.3 Å². The second-order valence-corrected chi connectivity index (χ2v) is 5.92. The minimum atomic E-state index is -3.50. The van der Waals surface area contributed by atoms with Gasteiger partial charge in [-0.3, -0.25) is 0 Å². The van der Waals surface area contributed by atoms with Gasteiger partial charge in [-0.1, -0.05) is 0 Å². The van der Waals surface area contributed by atoms with Gasteiger partial charge in [-0.05, 0) is 19.4 Å². The molecule has 0 saturated heterocycles. The van der Waals surface area contributed by atoms with Crippen LogP contribution in [0.5, 0.6) is 0 Å². The minimum Gasteiger partial charge on any atom is -0.383 e. The van der Waals surface area contributed by atoms with Gasteiger partial charge in [-0.15, -0.1) is 0 Å². The topological polar surface area (TPSA) is 117 Å². The third kappa shape index (κ3) is 2.16. The number of anilines is 1. The molecule has 0 amide bonds. The molecule has 0 unspecified atom stereocenters. The normalized spacial score (nSPS) is 12.2. The quantitative estimate of drug-likeness (QED) is 0.808. The molecule has 8 heteroatoms. The van der Waals surface area contributed by atoms with Crippen molar-refractivity contribution in [3.05, 3.63) is 17.6 Å². The second-order valence-electron chi connectivity index (χ2n) is 4.19. The molecule has 0 spiro atoms. The van der Waals surface area contributed by atoms with E-state index < -0.39 is 10.0 Å². The Labute approximate surface area is 105 Å². The van der Waals surface area contributed by atoms with Crippen LogP contribution in [0.1, 0.15) is 11.3 Å².